The number of hydrogen-bond acceptors (Lipinski definition) is 6. The molecule has 1 N–H and O–H groups in total. The van der Waals surface area contributed by atoms with Crippen LogP contribution < -0.4 is 5.32 Å². The summed E-state index contributed by atoms with van der Waals surface area (Å²) in [6, 6.07) is 3.59. The molecule has 0 saturated carbocycles. The molecule has 6 nitrogen and oxygen atoms in total. The Kier molecular flexibility index (Phi) is 6.39. The third-order valence-electron chi connectivity index (χ3n) is 3.06. The van der Waals surface area contributed by atoms with E-state index < -0.39 is 0 Å². The van der Waals surface area contributed by atoms with Crippen molar-refractivity contribution in [2.45, 2.75) is 43.6 Å². The minimum absolute atomic E-state index is 0.00948. The van der Waals surface area contributed by atoms with Gasteiger partial charge in [0.25, 0.3) is 5.22 Å². The second-order valence-corrected chi connectivity index (χ2v) is 6.16. The zero-order chi connectivity index (χ0) is 15.8. The zero-order valence-electron chi connectivity index (χ0n) is 12.8. The first-order valence-corrected chi connectivity index (χ1v) is 8.27. The van der Waals surface area contributed by atoms with E-state index >= 15 is 0 Å². The molecule has 0 spiro atoms. The third-order valence-corrected chi connectivity index (χ3v) is 3.99. The summed E-state index contributed by atoms with van der Waals surface area (Å²) in [7, 11) is 0. The lowest BCUT2D eigenvalue weighted by atomic mass is 10.2. The number of nitrogens with one attached hydrogen (secondary N) is 1. The molecule has 0 aromatic carbocycles. The lowest BCUT2D eigenvalue weighted by Crippen LogP contribution is -2.31. The van der Waals surface area contributed by atoms with Gasteiger partial charge in [-0.05, 0) is 25.5 Å². The Morgan fingerprint density at radius 1 is 1.32 bits per heavy atom. The summed E-state index contributed by atoms with van der Waals surface area (Å²) >= 11 is 1.26. The zero-order valence-corrected chi connectivity index (χ0v) is 13.6. The fourth-order valence-corrected chi connectivity index (χ4v) is 2.51. The number of nitrogens with zero attached hydrogens (tertiary/aromatic N) is 3. The van der Waals surface area contributed by atoms with E-state index in [1.807, 2.05) is 6.92 Å². The molecule has 0 aliphatic heterocycles. The summed E-state index contributed by atoms with van der Waals surface area (Å²) in [5.74, 6) is 0.421. The van der Waals surface area contributed by atoms with Crippen molar-refractivity contribution in [3.63, 3.8) is 0 Å². The van der Waals surface area contributed by atoms with Gasteiger partial charge in [-0.25, -0.2) is 0 Å². The van der Waals surface area contributed by atoms with Crippen molar-refractivity contribution in [3.8, 4) is 11.5 Å². The highest BCUT2D eigenvalue weighted by Gasteiger charge is 2.18. The Bertz CT molecular complexity index is 588. The first kappa shape index (κ1) is 16.5. The van der Waals surface area contributed by atoms with E-state index in [1.54, 1.807) is 24.5 Å². The Balaban J connectivity index is 1.85. The van der Waals surface area contributed by atoms with Gasteiger partial charge < -0.3 is 9.73 Å². The number of hydrogen-bond donors (Lipinski definition) is 1. The molecule has 2 heterocycles. The molecule has 22 heavy (non-hydrogen) atoms. The van der Waals surface area contributed by atoms with Crippen LogP contribution in [-0.4, -0.2) is 32.9 Å². The Labute approximate surface area is 134 Å². The standard InChI is InChI=1S/C15H20N4O2S/c1-3-4-5-8-17-13(20)11(2)22-15-19-18-14(21-15)12-6-9-16-10-7-12/h6-7,9-11H,3-5,8H2,1-2H3,(H,17,20). The molecule has 0 radical (unpaired) electrons. The fourth-order valence-electron chi connectivity index (χ4n) is 1.80. The van der Waals surface area contributed by atoms with Gasteiger partial charge in [-0.3, -0.25) is 9.78 Å². The predicted octanol–water partition coefficient (Wildman–Crippen LogP) is 2.92. The lowest BCUT2D eigenvalue weighted by molar-refractivity contribution is -0.120. The Morgan fingerprint density at radius 3 is 2.82 bits per heavy atom. The molecule has 1 unspecified atom stereocenters. The molecule has 7 heteroatoms. The number of carbonyl (C=O) groups excluding carboxylic acids is 1. The molecule has 0 fully saturated rings. The van der Waals surface area contributed by atoms with E-state index in [0.717, 1.165) is 24.8 Å². The van der Waals surface area contributed by atoms with Crippen molar-refractivity contribution in [2.75, 3.05) is 6.54 Å². The van der Waals surface area contributed by atoms with Crippen LogP contribution in [0.1, 0.15) is 33.1 Å². The van der Waals surface area contributed by atoms with Gasteiger partial charge >= 0.3 is 0 Å². The summed E-state index contributed by atoms with van der Waals surface area (Å²) in [6.07, 6.45) is 6.60. The van der Waals surface area contributed by atoms with Crippen molar-refractivity contribution in [1.82, 2.24) is 20.5 Å². The second kappa shape index (κ2) is 8.53. The SMILES string of the molecule is CCCCCNC(=O)C(C)Sc1nnc(-c2ccncc2)o1. The van der Waals surface area contributed by atoms with E-state index in [1.165, 1.54) is 11.8 Å². The Hall–Kier alpha value is -1.89. The highest BCUT2D eigenvalue weighted by Crippen LogP contribution is 2.25. The lowest BCUT2D eigenvalue weighted by Gasteiger charge is -2.09. The van der Waals surface area contributed by atoms with E-state index in [-0.39, 0.29) is 11.2 Å². The van der Waals surface area contributed by atoms with Gasteiger partial charge in [0.15, 0.2) is 0 Å². The summed E-state index contributed by atoms with van der Waals surface area (Å²) < 4.78 is 5.57. The highest BCUT2D eigenvalue weighted by molar-refractivity contribution is 8.00. The highest BCUT2D eigenvalue weighted by atomic mass is 32.2. The van der Waals surface area contributed by atoms with Crippen LogP contribution in [0, 0.1) is 0 Å². The number of rotatable bonds is 8. The molecular formula is C15H20N4O2S. The van der Waals surface area contributed by atoms with E-state index in [4.69, 9.17) is 4.42 Å². The number of amides is 1. The van der Waals surface area contributed by atoms with Crippen molar-refractivity contribution in [2.24, 2.45) is 0 Å². The smallest absolute Gasteiger partial charge is 0.277 e. The largest absolute Gasteiger partial charge is 0.411 e. The first-order chi connectivity index (χ1) is 10.7. The molecule has 2 rings (SSSR count). The van der Waals surface area contributed by atoms with Gasteiger partial charge in [0.1, 0.15) is 0 Å². The van der Waals surface area contributed by atoms with Crippen LogP contribution in [0.25, 0.3) is 11.5 Å². The number of aromatic nitrogens is 3. The second-order valence-electron chi connectivity index (χ2n) is 4.87. The van der Waals surface area contributed by atoms with Gasteiger partial charge in [0, 0.05) is 24.5 Å². The molecule has 0 aliphatic rings. The van der Waals surface area contributed by atoms with Crippen LogP contribution >= 0.6 is 11.8 Å². The summed E-state index contributed by atoms with van der Waals surface area (Å²) in [5.41, 5.74) is 0.811. The van der Waals surface area contributed by atoms with Crippen LogP contribution in [0.15, 0.2) is 34.2 Å². The molecule has 118 valence electrons. The summed E-state index contributed by atoms with van der Waals surface area (Å²) in [5, 5.41) is 11.0. The maximum atomic E-state index is 12.0. The van der Waals surface area contributed by atoms with Crippen LogP contribution in [0.3, 0.4) is 0 Å². The van der Waals surface area contributed by atoms with Crippen molar-refractivity contribution < 1.29 is 9.21 Å². The Morgan fingerprint density at radius 2 is 2.09 bits per heavy atom. The molecule has 0 bridgehead atoms. The minimum atomic E-state index is -0.271. The number of unbranched alkanes of at least 4 members (excludes halogenated alkanes) is 2. The van der Waals surface area contributed by atoms with Crippen molar-refractivity contribution in [3.05, 3.63) is 24.5 Å². The van der Waals surface area contributed by atoms with E-state index in [0.29, 0.717) is 17.7 Å². The van der Waals surface area contributed by atoms with Crippen LogP contribution in [0.5, 0.6) is 0 Å². The maximum Gasteiger partial charge on any atom is 0.277 e. The maximum absolute atomic E-state index is 12.0. The summed E-state index contributed by atoms with van der Waals surface area (Å²) in [4.78, 5) is 15.9. The molecule has 0 saturated heterocycles. The average molecular weight is 320 g/mol. The van der Waals surface area contributed by atoms with Crippen molar-refractivity contribution >= 4 is 17.7 Å². The van der Waals surface area contributed by atoms with E-state index in [9.17, 15) is 4.79 Å². The number of pyridine rings is 1. The molecule has 1 atom stereocenters. The van der Waals surface area contributed by atoms with Crippen LogP contribution in [-0.2, 0) is 4.79 Å². The molecule has 2 aromatic rings. The molecule has 2 aromatic heterocycles. The quantitative estimate of drug-likeness (QED) is 0.595. The normalized spacial score (nSPS) is 12.1. The number of thioether (sulfide) groups is 1. The third kappa shape index (κ3) is 4.84. The molecular weight excluding hydrogens is 300 g/mol. The van der Waals surface area contributed by atoms with E-state index in [2.05, 4.69) is 27.4 Å². The first-order valence-electron chi connectivity index (χ1n) is 7.39. The van der Waals surface area contributed by atoms with Crippen molar-refractivity contribution in [1.29, 1.82) is 0 Å². The molecule has 1 amide bonds. The van der Waals surface area contributed by atoms with Gasteiger partial charge in [0.05, 0.1) is 5.25 Å². The fraction of sp³-hybridized carbons (Fsp3) is 0.467. The number of carbonyl (C=O) groups is 1. The topological polar surface area (TPSA) is 80.9 Å². The minimum Gasteiger partial charge on any atom is -0.411 e. The van der Waals surface area contributed by atoms with Gasteiger partial charge in [-0.15, -0.1) is 10.2 Å². The molecule has 0 aliphatic carbocycles. The van der Waals surface area contributed by atoms with Gasteiger partial charge in [-0.1, -0.05) is 31.5 Å². The monoisotopic (exact) mass is 320 g/mol. The van der Waals surface area contributed by atoms with Gasteiger partial charge in [0.2, 0.25) is 11.8 Å². The predicted molar refractivity (Wildman–Crippen MR) is 85.4 cm³/mol. The van der Waals surface area contributed by atoms with Crippen LogP contribution in [0.4, 0.5) is 0 Å². The summed E-state index contributed by atoms with van der Waals surface area (Å²) in [6.45, 7) is 4.68. The average Bonchev–Trinajstić information content (AvgIpc) is 3.00. The van der Waals surface area contributed by atoms with Crippen LogP contribution in [0.2, 0.25) is 0 Å². The van der Waals surface area contributed by atoms with Gasteiger partial charge in [-0.2, -0.15) is 0 Å².